The number of hydrogen-bond acceptors (Lipinski definition) is 4. The van der Waals surface area contributed by atoms with Gasteiger partial charge in [-0.25, -0.2) is 13.2 Å². The maximum atomic E-state index is 13.4. The van der Waals surface area contributed by atoms with Gasteiger partial charge in [0.1, 0.15) is 11.5 Å². The highest BCUT2D eigenvalue weighted by Gasteiger charge is 2.13. The fraction of sp³-hybridized carbons (Fsp3) is 0. The maximum Gasteiger partial charge on any atom is 0.292 e. The number of hydrogen-bond donors (Lipinski definition) is 2. The van der Waals surface area contributed by atoms with Crippen LogP contribution in [-0.2, 0) is 0 Å². The summed E-state index contributed by atoms with van der Waals surface area (Å²) in [5, 5.41) is 13.0. The molecular formula is C12H8F3N3O2. The summed E-state index contributed by atoms with van der Waals surface area (Å²) >= 11 is 0. The predicted octanol–water partition coefficient (Wildman–Crippen LogP) is 3.34. The minimum absolute atomic E-state index is 0.136. The Kier molecular flexibility index (Phi) is 3.47. The van der Waals surface area contributed by atoms with E-state index in [2.05, 4.69) is 5.32 Å². The van der Waals surface area contributed by atoms with Crippen molar-refractivity contribution in [3.63, 3.8) is 0 Å². The van der Waals surface area contributed by atoms with E-state index in [-0.39, 0.29) is 22.7 Å². The van der Waals surface area contributed by atoms with Gasteiger partial charge in [0.05, 0.1) is 10.6 Å². The second-order valence-corrected chi connectivity index (χ2v) is 3.90. The van der Waals surface area contributed by atoms with Gasteiger partial charge in [-0.1, -0.05) is 0 Å². The summed E-state index contributed by atoms with van der Waals surface area (Å²) in [5.74, 6) is -3.53. The van der Waals surface area contributed by atoms with Gasteiger partial charge in [0, 0.05) is 23.9 Å². The highest BCUT2D eigenvalue weighted by atomic mass is 19.2. The Balaban J connectivity index is 2.33. The van der Waals surface area contributed by atoms with Gasteiger partial charge in [-0.2, -0.15) is 0 Å². The molecule has 0 aliphatic carbocycles. The van der Waals surface area contributed by atoms with Gasteiger partial charge in [-0.15, -0.1) is 0 Å². The van der Waals surface area contributed by atoms with Crippen LogP contribution >= 0.6 is 0 Å². The highest BCUT2D eigenvalue weighted by molar-refractivity contribution is 5.70. The van der Waals surface area contributed by atoms with Crippen LogP contribution in [0, 0.1) is 27.6 Å². The zero-order chi connectivity index (χ0) is 14.9. The van der Waals surface area contributed by atoms with E-state index >= 15 is 0 Å². The molecule has 5 nitrogen and oxygen atoms in total. The molecule has 0 amide bonds. The first-order chi connectivity index (χ1) is 9.38. The summed E-state index contributed by atoms with van der Waals surface area (Å²) in [6.45, 7) is 0. The van der Waals surface area contributed by atoms with E-state index in [0.29, 0.717) is 12.1 Å². The topological polar surface area (TPSA) is 81.2 Å². The lowest BCUT2D eigenvalue weighted by Crippen LogP contribution is -2.00. The molecule has 0 bridgehead atoms. The summed E-state index contributed by atoms with van der Waals surface area (Å²) in [6.07, 6.45) is 0. The molecule has 0 aromatic heterocycles. The highest BCUT2D eigenvalue weighted by Crippen LogP contribution is 2.28. The molecular weight excluding hydrogens is 275 g/mol. The van der Waals surface area contributed by atoms with Crippen LogP contribution in [0.1, 0.15) is 0 Å². The van der Waals surface area contributed by atoms with E-state index in [4.69, 9.17) is 5.73 Å². The molecule has 0 saturated carbocycles. The number of anilines is 3. The van der Waals surface area contributed by atoms with Crippen molar-refractivity contribution < 1.29 is 18.1 Å². The third-order valence-corrected chi connectivity index (χ3v) is 2.51. The van der Waals surface area contributed by atoms with Gasteiger partial charge in [0.15, 0.2) is 11.6 Å². The van der Waals surface area contributed by atoms with E-state index in [9.17, 15) is 23.3 Å². The lowest BCUT2D eigenvalue weighted by Gasteiger charge is -2.09. The molecule has 0 fully saturated rings. The number of nitro groups is 1. The number of nitrogens with two attached hydrogens (primary N) is 1. The standard InChI is InChI=1S/C12H8F3N3O2/c13-7-4-9(15)11(5-8(7)14)17-6-1-2-12(18(19)20)10(16)3-6/h1-5,17H,16H2. The first-order valence-corrected chi connectivity index (χ1v) is 5.34. The van der Waals surface area contributed by atoms with Crippen LogP contribution in [0.4, 0.5) is 35.9 Å². The normalized spacial score (nSPS) is 10.3. The molecule has 0 saturated heterocycles. The zero-order valence-electron chi connectivity index (χ0n) is 9.86. The minimum atomic E-state index is -1.31. The van der Waals surface area contributed by atoms with Gasteiger partial charge in [0.2, 0.25) is 0 Å². The SMILES string of the molecule is Nc1cc(Nc2cc(F)c(F)cc2F)ccc1[N+](=O)[O-]. The van der Waals surface area contributed by atoms with Crippen molar-refractivity contribution in [2.75, 3.05) is 11.1 Å². The number of benzene rings is 2. The van der Waals surface area contributed by atoms with Crippen molar-refractivity contribution in [3.8, 4) is 0 Å². The quantitative estimate of drug-likeness (QED) is 0.392. The van der Waals surface area contributed by atoms with Crippen LogP contribution in [0.15, 0.2) is 30.3 Å². The molecule has 0 atom stereocenters. The molecule has 104 valence electrons. The fourth-order valence-corrected chi connectivity index (χ4v) is 1.57. The second kappa shape index (κ2) is 5.08. The van der Waals surface area contributed by atoms with Gasteiger partial charge in [-0.05, 0) is 12.1 Å². The Morgan fingerprint density at radius 1 is 1.05 bits per heavy atom. The Hall–Kier alpha value is -2.77. The van der Waals surface area contributed by atoms with Crippen LogP contribution < -0.4 is 11.1 Å². The zero-order valence-corrected chi connectivity index (χ0v) is 9.86. The number of nitrogens with one attached hydrogen (secondary N) is 1. The van der Waals surface area contributed by atoms with Crippen molar-refractivity contribution in [2.45, 2.75) is 0 Å². The number of rotatable bonds is 3. The van der Waals surface area contributed by atoms with Gasteiger partial charge >= 0.3 is 0 Å². The molecule has 3 N–H and O–H groups in total. The smallest absolute Gasteiger partial charge is 0.292 e. The molecule has 0 heterocycles. The fourth-order valence-electron chi connectivity index (χ4n) is 1.57. The first kappa shape index (κ1) is 13.7. The van der Waals surface area contributed by atoms with E-state index in [1.165, 1.54) is 12.1 Å². The van der Waals surface area contributed by atoms with E-state index in [1.54, 1.807) is 0 Å². The van der Waals surface area contributed by atoms with E-state index in [1.807, 2.05) is 0 Å². The van der Waals surface area contributed by atoms with Gasteiger partial charge in [0.25, 0.3) is 5.69 Å². The molecule has 0 radical (unpaired) electrons. The molecule has 2 aromatic carbocycles. The van der Waals surface area contributed by atoms with Gasteiger partial charge < -0.3 is 11.1 Å². The number of nitro benzene ring substituents is 1. The van der Waals surface area contributed by atoms with Crippen molar-refractivity contribution in [1.29, 1.82) is 0 Å². The average Bonchev–Trinajstić information content (AvgIpc) is 2.35. The Morgan fingerprint density at radius 2 is 1.70 bits per heavy atom. The lowest BCUT2D eigenvalue weighted by atomic mass is 10.2. The lowest BCUT2D eigenvalue weighted by molar-refractivity contribution is -0.383. The molecule has 0 spiro atoms. The largest absolute Gasteiger partial charge is 0.393 e. The number of nitrogens with zero attached hydrogens (tertiary/aromatic N) is 1. The molecule has 0 unspecified atom stereocenters. The van der Waals surface area contributed by atoms with Gasteiger partial charge in [-0.3, -0.25) is 10.1 Å². The molecule has 2 aromatic rings. The monoisotopic (exact) mass is 283 g/mol. The maximum absolute atomic E-state index is 13.4. The van der Waals surface area contributed by atoms with Crippen LogP contribution in [0.2, 0.25) is 0 Å². The summed E-state index contributed by atoms with van der Waals surface area (Å²) < 4.78 is 39.2. The predicted molar refractivity (Wildman–Crippen MR) is 67.1 cm³/mol. The second-order valence-electron chi connectivity index (χ2n) is 3.90. The van der Waals surface area contributed by atoms with E-state index < -0.39 is 22.4 Å². The summed E-state index contributed by atoms with van der Waals surface area (Å²) in [5.41, 5.74) is 4.92. The van der Waals surface area contributed by atoms with Crippen LogP contribution in [0.5, 0.6) is 0 Å². The van der Waals surface area contributed by atoms with Crippen LogP contribution in [-0.4, -0.2) is 4.92 Å². The first-order valence-electron chi connectivity index (χ1n) is 5.34. The van der Waals surface area contributed by atoms with Crippen LogP contribution in [0.3, 0.4) is 0 Å². The molecule has 2 rings (SSSR count). The van der Waals surface area contributed by atoms with Crippen molar-refractivity contribution in [1.82, 2.24) is 0 Å². The van der Waals surface area contributed by atoms with E-state index in [0.717, 1.165) is 6.07 Å². The summed E-state index contributed by atoms with van der Waals surface area (Å²) in [6, 6.07) is 4.62. The molecule has 8 heteroatoms. The average molecular weight is 283 g/mol. The third-order valence-electron chi connectivity index (χ3n) is 2.51. The molecule has 20 heavy (non-hydrogen) atoms. The Bertz CT molecular complexity index is 692. The third kappa shape index (κ3) is 2.63. The molecule has 0 aliphatic heterocycles. The van der Waals surface area contributed by atoms with Crippen molar-refractivity contribution >= 4 is 22.7 Å². The number of halogens is 3. The van der Waals surface area contributed by atoms with Crippen LogP contribution in [0.25, 0.3) is 0 Å². The Labute approximate surface area is 111 Å². The summed E-state index contributed by atoms with van der Waals surface area (Å²) in [4.78, 5) is 9.91. The van der Waals surface area contributed by atoms with Crippen molar-refractivity contribution in [2.24, 2.45) is 0 Å². The molecule has 0 aliphatic rings. The Morgan fingerprint density at radius 3 is 2.30 bits per heavy atom. The number of nitrogen functional groups attached to an aromatic ring is 1. The summed E-state index contributed by atoms with van der Waals surface area (Å²) in [7, 11) is 0. The van der Waals surface area contributed by atoms with Crippen molar-refractivity contribution in [3.05, 3.63) is 57.9 Å². The minimum Gasteiger partial charge on any atom is -0.393 e.